The molecule has 0 bridgehead atoms. The first-order valence-electron chi connectivity index (χ1n) is 0.730. The molecular weight excluding hydrogens is 244 g/mol. The van der Waals surface area contributed by atoms with Crippen LogP contribution in [0.5, 0.6) is 0 Å². The number of rotatable bonds is 1. The van der Waals surface area contributed by atoms with E-state index in [1.165, 1.54) is 0 Å². The molecule has 0 N–H and O–H groups in total. The molecule has 0 amide bonds. The van der Waals surface area contributed by atoms with Crippen molar-refractivity contribution in [2.24, 2.45) is 0 Å². The van der Waals surface area contributed by atoms with Crippen molar-refractivity contribution in [1.82, 2.24) is 0 Å². The third kappa shape index (κ3) is 5.48. The van der Waals surface area contributed by atoms with Gasteiger partial charge in [0, 0.05) is 0 Å². The Morgan fingerprint density at radius 1 is 1.60 bits per heavy atom. The van der Waals surface area contributed by atoms with Crippen molar-refractivity contribution in [1.29, 1.82) is 0 Å². The van der Waals surface area contributed by atoms with Crippen molar-refractivity contribution in [2.45, 2.75) is 0 Å². The molecule has 0 fully saturated rings. The second-order valence-electron chi connectivity index (χ2n) is 0.305. The second kappa shape index (κ2) is 3.66. The molecule has 5 heavy (non-hydrogen) atoms. The van der Waals surface area contributed by atoms with E-state index < -0.39 is 15.4 Å². The van der Waals surface area contributed by atoms with Gasteiger partial charge in [-0.25, -0.2) is 0 Å². The van der Waals surface area contributed by atoms with Crippen LogP contribution in [0.15, 0.2) is 0 Å². The molecule has 0 aromatic carbocycles. The van der Waals surface area contributed by atoms with Gasteiger partial charge in [0.2, 0.25) is 0 Å². The summed E-state index contributed by atoms with van der Waals surface area (Å²) in [4.78, 5) is 0. The zero-order valence-electron chi connectivity index (χ0n) is 2.12. The van der Waals surface area contributed by atoms with E-state index in [-0.39, 0.29) is 0 Å². The summed E-state index contributed by atoms with van der Waals surface area (Å²) in [6.45, 7) is 0. The zero-order valence-corrected chi connectivity index (χ0v) is 6.39. The van der Waals surface area contributed by atoms with Crippen LogP contribution in [0.4, 0.5) is 0 Å². The van der Waals surface area contributed by atoms with Crippen molar-refractivity contribution >= 4 is 0 Å². The molecule has 0 saturated carbocycles. The summed E-state index contributed by atoms with van der Waals surface area (Å²) in [5.74, 6) is 0. The van der Waals surface area contributed by atoms with Crippen LogP contribution in [-0.2, 0) is 22.8 Å². The Kier molecular flexibility index (Phi) is 4.75. The Morgan fingerprint density at radius 2 is 1.80 bits per heavy atom. The van der Waals surface area contributed by atoms with Crippen LogP contribution in [0.25, 0.3) is 0 Å². The van der Waals surface area contributed by atoms with Gasteiger partial charge in [-0.05, 0) is 0 Å². The van der Waals surface area contributed by atoms with Crippen molar-refractivity contribution < 1.29 is 61.7 Å². The Labute approximate surface area is 60.8 Å². The summed E-state index contributed by atoms with van der Waals surface area (Å²) in [6.07, 6.45) is 0. The number of hydrogen-bond acceptors (Lipinski definition) is 3. The van der Waals surface area contributed by atoms with Crippen LogP contribution in [0.2, 0.25) is 0 Å². The fourth-order valence-corrected chi connectivity index (χ4v) is 0. The van der Waals surface area contributed by atoms with Crippen LogP contribution >= 0.6 is 0 Å². The first-order valence-corrected chi connectivity index (χ1v) is 3.61. The molecule has 0 atom stereocenters. The first-order chi connectivity index (χ1) is 2.27. The SMILES string of the molecule is [O]=[V](=[O])[O][Pm]. The Bertz CT molecular complexity index is 65.0. The molecule has 0 aliphatic carbocycles. The molecule has 0 radical (unpaired) electrons. The summed E-state index contributed by atoms with van der Waals surface area (Å²) < 4.78 is 22.5. The minimum absolute atomic E-state index is 0.478. The van der Waals surface area contributed by atoms with Gasteiger partial charge in [-0.2, -0.15) is 0 Å². The molecular formula is O3PmV. The van der Waals surface area contributed by atoms with Crippen molar-refractivity contribution in [3.8, 4) is 0 Å². The maximum atomic E-state index is 9.29. The van der Waals surface area contributed by atoms with Gasteiger partial charge in [0.1, 0.15) is 0 Å². The molecule has 0 spiro atoms. The average Bonchev–Trinajstić information content (AvgIpc) is 1.38. The Morgan fingerprint density at radius 3 is 1.80 bits per heavy atom. The summed E-state index contributed by atoms with van der Waals surface area (Å²) in [5, 5.41) is 0. The van der Waals surface area contributed by atoms with Crippen LogP contribution in [-0.4, -0.2) is 0 Å². The van der Waals surface area contributed by atoms with Gasteiger partial charge in [-0.1, -0.05) is 0 Å². The van der Waals surface area contributed by atoms with Gasteiger partial charge in [-0.3, -0.25) is 0 Å². The van der Waals surface area contributed by atoms with E-state index >= 15 is 0 Å². The van der Waals surface area contributed by atoms with E-state index in [2.05, 4.69) is 0.0445 Å². The molecule has 5 heteroatoms. The van der Waals surface area contributed by atoms with Crippen molar-refractivity contribution in [2.75, 3.05) is 0 Å². The van der Waals surface area contributed by atoms with Crippen LogP contribution in [0.1, 0.15) is 0 Å². The van der Waals surface area contributed by atoms with E-state index in [0.717, 1.165) is 0 Å². The standard InChI is InChI=1S/3O.Pm.V. The summed E-state index contributed by atoms with van der Waals surface area (Å²) in [5.41, 5.74) is 0. The van der Waals surface area contributed by atoms with Crippen LogP contribution < -0.4 is 0 Å². The molecule has 0 aliphatic rings. The van der Waals surface area contributed by atoms with Crippen molar-refractivity contribution in [3.05, 3.63) is 0 Å². The monoisotopic (exact) mass is 244 g/mol. The van der Waals surface area contributed by atoms with Crippen molar-refractivity contribution in [3.63, 3.8) is 0 Å². The molecule has 0 rings (SSSR count). The predicted molar refractivity (Wildman–Crippen MR) is 2.46 cm³/mol. The quantitative estimate of drug-likeness (QED) is 0.635. The molecule has 28 valence electrons. The van der Waals surface area contributed by atoms with Gasteiger partial charge in [0.15, 0.2) is 0 Å². The summed E-state index contributed by atoms with van der Waals surface area (Å²) >= 11 is -2.67. The first kappa shape index (κ1) is 6.48. The third-order valence-electron chi connectivity index (χ3n) is 0.0667. The maximum absolute atomic E-state index is 9.29. The van der Waals surface area contributed by atoms with Gasteiger partial charge in [0.05, 0.1) is 0 Å². The molecule has 0 saturated heterocycles. The molecule has 0 aromatic heterocycles. The summed E-state index contributed by atoms with van der Waals surface area (Å²) in [7, 11) is 0. The molecule has 0 aliphatic heterocycles. The van der Waals surface area contributed by atoms with Gasteiger partial charge >= 0.3 is 61.7 Å². The predicted octanol–water partition coefficient (Wildman–Crippen LogP) is -0.308. The molecule has 0 heterocycles. The van der Waals surface area contributed by atoms with E-state index in [0.29, 0.717) is 38.9 Å². The molecule has 0 unspecified atom stereocenters. The second-order valence-corrected chi connectivity index (χ2v) is 3.42. The van der Waals surface area contributed by atoms with Gasteiger partial charge in [-0.15, -0.1) is 0 Å². The van der Waals surface area contributed by atoms with Gasteiger partial charge in [0.25, 0.3) is 0 Å². The van der Waals surface area contributed by atoms with E-state index in [1.807, 2.05) is 0 Å². The van der Waals surface area contributed by atoms with E-state index in [9.17, 15) is 7.35 Å². The summed E-state index contributed by atoms with van der Waals surface area (Å²) in [6, 6.07) is 0. The van der Waals surface area contributed by atoms with E-state index in [4.69, 9.17) is 0 Å². The fraction of sp³-hybridized carbons (Fsp3) is 0. The zero-order chi connectivity index (χ0) is 4.28. The number of hydrogen-bond donors (Lipinski definition) is 0. The van der Waals surface area contributed by atoms with Gasteiger partial charge < -0.3 is 0 Å². The topological polar surface area (TPSA) is 43.4 Å². The van der Waals surface area contributed by atoms with Crippen LogP contribution in [0, 0.1) is 38.9 Å². The Hall–Kier alpha value is 1.48. The minimum atomic E-state index is -3.15. The third-order valence-corrected chi connectivity index (χ3v) is 2.04. The van der Waals surface area contributed by atoms with E-state index in [1.54, 1.807) is 0 Å². The molecule has 3 nitrogen and oxygen atoms in total. The fourth-order valence-electron chi connectivity index (χ4n) is 0. The Balaban J connectivity index is 3.23. The average molecular weight is 244 g/mol. The molecule has 0 aromatic rings. The normalized spacial score (nSPS) is 7.20. The van der Waals surface area contributed by atoms with Crippen LogP contribution in [0.3, 0.4) is 0 Å².